The summed E-state index contributed by atoms with van der Waals surface area (Å²) < 4.78 is 33.6. The molecule has 2 aromatic rings. The average molecular weight is 398 g/mol. The molecule has 0 saturated heterocycles. The van der Waals surface area contributed by atoms with Crippen LogP contribution in [0.1, 0.15) is 36.0 Å². The van der Waals surface area contributed by atoms with E-state index in [2.05, 4.69) is 0 Å². The number of amides is 1. The molecule has 2 atom stereocenters. The van der Waals surface area contributed by atoms with Gasteiger partial charge in [-0.1, -0.05) is 23.7 Å². The van der Waals surface area contributed by atoms with Gasteiger partial charge in [0.05, 0.1) is 12.5 Å². The Labute approximate surface area is 162 Å². The van der Waals surface area contributed by atoms with Crippen LogP contribution in [0.5, 0.6) is 0 Å². The number of hydrogen-bond acceptors (Lipinski definition) is 3. The molecule has 0 saturated carbocycles. The molecule has 2 N–H and O–H groups in total. The van der Waals surface area contributed by atoms with Crippen molar-refractivity contribution in [3.63, 3.8) is 0 Å². The topological polar surface area (TPSA) is 58.6 Å². The Balaban J connectivity index is 2.46. The summed E-state index contributed by atoms with van der Waals surface area (Å²) in [6, 6.07) is 8.72. The zero-order chi connectivity index (χ0) is 20.0. The van der Waals surface area contributed by atoms with Crippen LogP contribution in [0.15, 0.2) is 36.4 Å². The molecule has 7 heteroatoms. The lowest BCUT2D eigenvalue weighted by Gasteiger charge is -2.28. The van der Waals surface area contributed by atoms with Crippen LogP contribution in [-0.4, -0.2) is 23.8 Å². The Morgan fingerprint density at radius 1 is 1.26 bits per heavy atom. The number of hydroxylamine groups is 1. The summed E-state index contributed by atoms with van der Waals surface area (Å²) in [6.45, 7) is 3.94. The van der Waals surface area contributed by atoms with Gasteiger partial charge in [0.1, 0.15) is 11.6 Å². The second-order valence-corrected chi connectivity index (χ2v) is 6.72. The summed E-state index contributed by atoms with van der Waals surface area (Å²) in [5.41, 5.74) is 3.64. The maximum atomic E-state index is 14.5. The minimum Gasteiger partial charge on any atom is -0.377 e. The molecule has 4 nitrogen and oxygen atoms in total. The van der Waals surface area contributed by atoms with E-state index < -0.39 is 29.6 Å². The van der Waals surface area contributed by atoms with Gasteiger partial charge in [-0.05, 0) is 55.2 Å². The third kappa shape index (κ3) is 5.73. The van der Waals surface area contributed by atoms with Crippen LogP contribution < -0.4 is 5.48 Å². The van der Waals surface area contributed by atoms with Gasteiger partial charge in [-0.15, -0.1) is 0 Å². The van der Waals surface area contributed by atoms with Crippen LogP contribution in [-0.2, 0) is 16.0 Å². The van der Waals surface area contributed by atoms with Crippen molar-refractivity contribution in [2.75, 3.05) is 6.61 Å². The van der Waals surface area contributed by atoms with Gasteiger partial charge < -0.3 is 4.74 Å². The van der Waals surface area contributed by atoms with Crippen LogP contribution in [0.25, 0.3) is 0 Å². The first kappa shape index (κ1) is 21.3. The molecular formula is C20H22ClF2NO3. The first-order valence-corrected chi connectivity index (χ1v) is 8.98. The number of ether oxygens (including phenoxy) is 1. The minimum absolute atomic E-state index is 0.168. The molecular weight excluding hydrogens is 376 g/mol. The average Bonchev–Trinajstić information content (AvgIpc) is 2.61. The first-order chi connectivity index (χ1) is 12.8. The molecule has 0 aliphatic carbocycles. The van der Waals surface area contributed by atoms with Gasteiger partial charge in [-0.3, -0.25) is 10.0 Å². The predicted octanol–water partition coefficient (Wildman–Crippen LogP) is 4.55. The van der Waals surface area contributed by atoms with Crippen molar-refractivity contribution in [1.82, 2.24) is 5.48 Å². The van der Waals surface area contributed by atoms with E-state index in [-0.39, 0.29) is 12.0 Å². The summed E-state index contributed by atoms with van der Waals surface area (Å²) in [5.74, 6) is -2.60. The van der Waals surface area contributed by atoms with Crippen LogP contribution in [0.3, 0.4) is 0 Å². The van der Waals surface area contributed by atoms with Gasteiger partial charge in [0.2, 0.25) is 5.91 Å². The lowest BCUT2D eigenvalue weighted by atomic mass is 9.84. The molecule has 146 valence electrons. The number of aryl methyl sites for hydroxylation is 1. The molecule has 2 unspecified atom stereocenters. The van der Waals surface area contributed by atoms with E-state index in [4.69, 9.17) is 21.5 Å². The molecule has 0 aromatic heterocycles. The summed E-state index contributed by atoms with van der Waals surface area (Å²) in [7, 11) is 0. The Kier molecular flexibility index (Phi) is 7.71. The van der Waals surface area contributed by atoms with Gasteiger partial charge in [-0.2, -0.15) is 0 Å². The molecule has 27 heavy (non-hydrogen) atoms. The Morgan fingerprint density at radius 2 is 2.00 bits per heavy atom. The Morgan fingerprint density at radius 3 is 2.59 bits per heavy atom. The standard InChI is InChI=1S/C20H22ClF2NO3/c1-3-27-19(11-20(25)24-26)17(16-7-6-15(22)10-18(16)23)9-13-4-5-14(21)8-12(13)2/h4-8,10,17,19,26H,3,9,11H2,1-2H3,(H,24,25). The number of carbonyl (C=O) groups excluding carboxylic acids is 1. The molecule has 0 aliphatic heterocycles. The van der Waals surface area contributed by atoms with Crippen molar-refractivity contribution in [3.8, 4) is 0 Å². The number of hydrogen-bond donors (Lipinski definition) is 2. The van der Waals surface area contributed by atoms with Crippen molar-refractivity contribution in [2.45, 2.75) is 38.7 Å². The monoisotopic (exact) mass is 397 g/mol. The molecule has 0 bridgehead atoms. The summed E-state index contributed by atoms with van der Waals surface area (Å²) in [4.78, 5) is 11.7. The first-order valence-electron chi connectivity index (χ1n) is 8.60. The van der Waals surface area contributed by atoms with Crippen molar-refractivity contribution in [2.24, 2.45) is 0 Å². The van der Waals surface area contributed by atoms with Crippen molar-refractivity contribution < 1.29 is 23.5 Å². The lowest BCUT2D eigenvalue weighted by molar-refractivity contribution is -0.132. The minimum atomic E-state index is -0.711. The summed E-state index contributed by atoms with van der Waals surface area (Å²) >= 11 is 6.01. The highest BCUT2D eigenvalue weighted by atomic mass is 35.5. The molecule has 1 amide bonds. The summed E-state index contributed by atoms with van der Waals surface area (Å²) in [6.07, 6.45) is -0.523. The fraction of sp³-hybridized carbons (Fsp3) is 0.350. The van der Waals surface area contributed by atoms with Crippen molar-refractivity contribution >= 4 is 17.5 Å². The molecule has 2 rings (SSSR count). The highest BCUT2D eigenvalue weighted by Gasteiger charge is 2.29. The largest absolute Gasteiger partial charge is 0.377 e. The van der Waals surface area contributed by atoms with E-state index in [1.165, 1.54) is 12.1 Å². The molecule has 2 aromatic carbocycles. The fourth-order valence-corrected chi connectivity index (χ4v) is 3.36. The van der Waals surface area contributed by atoms with Gasteiger partial charge >= 0.3 is 0 Å². The molecule has 0 spiro atoms. The third-order valence-corrected chi connectivity index (χ3v) is 4.68. The van der Waals surface area contributed by atoms with E-state index in [1.54, 1.807) is 24.5 Å². The smallest absolute Gasteiger partial charge is 0.245 e. The van der Waals surface area contributed by atoms with Gasteiger partial charge in [0, 0.05) is 23.6 Å². The van der Waals surface area contributed by atoms with E-state index in [0.717, 1.165) is 17.2 Å². The maximum absolute atomic E-state index is 14.5. The number of nitrogens with one attached hydrogen (secondary N) is 1. The highest BCUT2D eigenvalue weighted by Crippen LogP contribution is 2.32. The number of rotatable bonds is 8. The van der Waals surface area contributed by atoms with Crippen LogP contribution in [0.4, 0.5) is 8.78 Å². The molecule has 0 aliphatic rings. The zero-order valence-electron chi connectivity index (χ0n) is 15.1. The zero-order valence-corrected chi connectivity index (χ0v) is 15.9. The molecule has 0 radical (unpaired) electrons. The SMILES string of the molecule is CCOC(CC(=O)NO)C(Cc1ccc(Cl)cc1C)c1ccc(F)cc1F. The van der Waals surface area contributed by atoms with Crippen molar-refractivity contribution in [1.29, 1.82) is 0 Å². The fourth-order valence-electron chi connectivity index (χ4n) is 3.13. The van der Waals surface area contributed by atoms with Crippen LogP contribution in [0.2, 0.25) is 5.02 Å². The number of carbonyl (C=O) groups is 1. The number of benzene rings is 2. The second kappa shape index (κ2) is 9.78. The maximum Gasteiger partial charge on any atom is 0.245 e. The summed E-state index contributed by atoms with van der Waals surface area (Å²) in [5, 5.41) is 9.45. The Bertz CT molecular complexity index is 801. The normalized spacial score (nSPS) is 13.3. The second-order valence-electron chi connectivity index (χ2n) is 6.28. The molecule has 0 fully saturated rings. The van der Waals surface area contributed by atoms with Gasteiger partial charge in [-0.25, -0.2) is 14.3 Å². The predicted molar refractivity (Wildman–Crippen MR) is 99.0 cm³/mol. The van der Waals surface area contributed by atoms with E-state index >= 15 is 0 Å². The van der Waals surface area contributed by atoms with E-state index in [1.807, 2.05) is 13.0 Å². The third-order valence-electron chi connectivity index (χ3n) is 4.45. The lowest BCUT2D eigenvalue weighted by Crippen LogP contribution is -2.32. The van der Waals surface area contributed by atoms with Crippen molar-refractivity contribution in [3.05, 3.63) is 69.7 Å². The van der Waals surface area contributed by atoms with Gasteiger partial charge in [0.25, 0.3) is 0 Å². The highest BCUT2D eigenvalue weighted by molar-refractivity contribution is 6.30. The van der Waals surface area contributed by atoms with Gasteiger partial charge in [0.15, 0.2) is 0 Å². The Hall–Kier alpha value is -2.02. The van der Waals surface area contributed by atoms with Crippen LogP contribution >= 0.6 is 11.6 Å². The number of halogens is 3. The van der Waals surface area contributed by atoms with E-state index in [9.17, 15) is 13.6 Å². The quantitative estimate of drug-likeness (QED) is 0.507. The van der Waals surface area contributed by atoms with Crippen LogP contribution in [0, 0.1) is 18.6 Å². The van der Waals surface area contributed by atoms with E-state index in [0.29, 0.717) is 18.1 Å². The molecule has 0 heterocycles.